The minimum absolute atomic E-state index is 0.0827. The summed E-state index contributed by atoms with van der Waals surface area (Å²) in [6.45, 7) is 2.12. The van der Waals surface area contributed by atoms with Crippen LogP contribution in [0, 0.1) is 5.92 Å². The molecule has 1 aromatic rings. The molecule has 0 spiro atoms. The Hall–Kier alpha value is -0.900. The molecule has 1 saturated carbocycles. The highest BCUT2D eigenvalue weighted by Crippen LogP contribution is 2.29. The lowest BCUT2D eigenvalue weighted by Gasteiger charge is -2.02. The van der Waals surface area contributed by atoms with Gasteiger partial charge in [0, 0.05) is 6.04 Å². The maximum absolute atomic E-state index is 11.6. The predicted molar refractivity (Wildman–Crippen MR) is 57.0 cm³/mol. The summed E-state index contributed by atoms with van der Waals surface area (Å²) in [5.41, 5.74) is 0.471. The summed E-state index contributed by atoms with van der Waals surface area (Å²) in [6, 6.07) is 5.68. The second kappa shape index (κ2) is 3.69. The summed E-state index contributed by atoms with van der Waals surface area (Å²) >= 11 is 3.23. The van der Waals surface area contributed by atoms with Gasteiger partial charge in [0.1, 0.15) is 10.3 Å². The topological polar surface area (TPSA) is 42.0 Å². The molecule has 3 nitrogen and oxygen atoms in total. The Bertz CT molecular complexity index is 367. The molecule has 1 amide bonds. The number of aromatic nitrogens is 1. The Morgan fingerprint density at radius 1 is 1.64 bits per heavy atom. The number of hydrogen-bond acceptors (Lipinski definition) is 2. The molecule has 1 N–H and O–H groups in total. The zero-order valence-electron chi connectivity index (χ0n) is 7.83. The van der Waals surface area contributed by atoms with Crippen molar-refractivity contribution >= 4 is 21.8 Å². The third kappa shape index (κ3) is 2.12. The van der Waals surface area contributed by atoms with Crippen molar-refractivity contribution in [2.75, 3.05) is 0 Å². The molecule has 0 aliphatic heterocycles. The fraction of sp³-hybridized carbons (Fsp3) is 0.400. The zero-order chi connectivity index (χ0) is 10.1. The van der Waals surface area contributed by atoms with Crippen LogP contribution >= 0.6 is 15.9 Å². The fourth-order valence-electron chi connectivity index (χ4n) is 1.30. The molecule has 14 heavy (non-hydrogen) atoms. The largest absolute Gasteiger partial charge is 0.348 e. The number of carbonyl (C=O) groups is 1. The van der Waals surface area contributed by atoms with Crippen LogP contribution < -0.4 is 5.32 Å². The van der Waals surface area contributed by atoms with Crippen molar-refractivity contribution < 1.29 is 4.79 Å². The quantitative estimate of drug-likeness (QED) is 0.821. The van der Waals surface area contributed by atoms with Gasteiger partial charge in [-0.15, -0.1) is 0 Å². The maximum atomic E-state index is 11.6. The van der Waals surface area contributed by atoms with Crippen LogP contribution in [0.2, 0.25) is 0 Å². The minimum atomic E-state index is -0.0827. The van der Waals surface area contributed by atoms with Crippen molar-refractivity contribution in [3.05, 3.63) is 28.5 Å². The van der Waals surface area contributed by atoms with E-state index in [1.807, 2.05) is 6.07 Å². The first-order chi connectivity index (χ1) is 6.66. The maximum Gasteiger partial charge on any atom is 0.270 e. The summed E-state index contributed by atoms with van der Waals surface area (Å²) in [6.07, 6.45) is 1.08. The summed E-state index contributed by atoms with van der Waals surface area (Å²) in [5.74, 6) is 0.534. The van der Waals surface area contributed by atoms with Gasteiger partial charge in [-0.25, -0.2) is 4.98 Å². The van der Waals surface area contributed by atoms with Gasteiger partial charge in [0.15, 0.2) is 0 Å². The molecule has 0 radical (unpaired) electrons. The molecule has 2 unspecified atom stereocenters. The van der Waals surface area contributed by atoms with E-state index in [1.165, 1.54) is 0 Å². The number of nitrogens with zero attached hydrogens (tertiary/aromatic N) is 1. The molecule has 1 aliphatic carbocycles. The highest BCUT2D eigenvalue weighted by atomic mass is 79.9. The molecular formula is C10H11BrN2O. The molecule has 1 aliphatic rings. The molecule has 0 aromatic carbocycles. The molecule has 4 heteroatoms. The summed E-state index contributed by atoms with van der Waals surface area (Å²) in [5, 5.41) is 2.92. The molecule has 2 rings (SSSR count). The SMILES string of the molecule is CC1CC1NC(=O)c1cccc(Br)n1. The molecule has 1 heterocycles. The monoisotopic (exact) mass is 254 g/mol. The van der Waals surface area contributed by atoms with Gasteiger partial charge >= 0.3 is 0 Å². The second-order valence-electron chi connectivity index (χ2n) is 3.64. The Kier molecular flexibility index (Phi) is 2.54. The van der Waals surface area contributed by atoms with E-state index >= 15 is 0 Å². The van der Waals surface area contributed by atoms with E-state index in [0.29, 0.717) is 22.3 Å². The molecule has 1 fully saturated rings. The van der Waals surface area contributed by atoms with Crippen molar-refractivity contribution in [1.82, 2.24) is 10.3 Å². The average Bonchev–Trinajstić information content (AvgIpc) is 2.81. The number of hydrogen-bond donors (Lipinski definition) is 1. The van der Waals surface area contributed by atoms with Gasteiger partial charge in [-0.1, -0.05) is 13.0 Å². The van der Waals surface area contributed by atoms with Crippen LogP contribution in [0.25, 0.3) is 0 Å². The first-order valence-corrected chi connectivity index (χ1v) is 5.39. The highest BCUT2D eigenvalue weighted by Gasteiger charge is 2.34. The minimum Gasteiger partial charge on any atom is -0.348 e. The van der Waals surface area contributed by atoms with Crippen molar-refractivity contribution in [3.8, 4) is 0 Å². The standard InChI is InChI=1S/C10H11BrN2O/c1-6-5-8(6)13-10(14)7-3-2-4-9(11)12-7/h2-4,6,8H,5H2,1H3,(H,13,14). The first-order valence-electron chi connectivity index (χ1n) is 4.60. The molecular weight excluding hydrogens is 244 g/mol. The normalized spacial score (nSPS) is 24.4. The number of halogens is 1. The summed E-state index contributed by atoms with van der Waals surface area (Å²) < 4.78 is 0.689. The molecule has 1 aromatic heterocycles. The number of carbonyl (C=O) groups excluding carboxylic acids is 1. The number of rotatable bonds is 2. The van der Waals surface area contributed by atoms with Crippen LogP contribution in [0.1, 0.15) is 23.8 Å². The lowest BCUT2D eigenvalue weighted by molar-refractivity contribution is 0.0944. The van der Waals surface area contributed by atoms with Crippen molar-refractivity contribution in [2.24, 2.45) is 5.92 Å². The van der Waals surface area contributed by atoms with E-state index in [4.69, 9.17) is 0 Å². The van der Waals surface area contributed by atoms with Gasteiger partial charge in [0.2, 0.25) is 0 Å². The number of pyridine rings is 1. The fourth-order valence-corrected chi connectivity index (χ4v) is 1.64. The van der Waals surface area contributed by atoms with E-state index < -0.39 is 0 Å². The van der Waals surface area contributed by atoms with Gasteiger partial charge in [-0.05, 0) is 40.4 Å². The Balaban J connectivity index is 2.03. The van der Waals surface area contributed by atoms with E-state index in [-0.39, 0.29) is 5.91 Å². The molecule has 2 atom stereocenters. The summed E-state index contributed by atoms with van der Waals surface area (Å²) in [7, 11) is 0. The van der Waals surface area contributed by atoms with E-state index in [0.717, 1.165) is 6.42 Å². The second-order valence-corrected chi connectivity index (χ2v) is 4.45. The highest BCUT2D eigenvalue weighted by molar-refractivity contribution is 9.10. The van der Waals surface area contributed by atoms with Crippen LogP contribution in [0.15, 0.2) is 22.8 Å². The zero-order valence-corrected chi connectivity index (χ0v) is 9.41. The third-order valence-corrected chi connectivity index (χ3v) is 2.82. The van der Waals surface area contributed by atoms with Crippen LogP contribution in [0.3, 0.4) is 0 Å². The van der Waals surface area contributed by atoms with Crippen LogP contribution in [0.5, 0.6) is 0 Å². The van der Waals surface area contributed by atoms with Gasteiger partial charge in [0.05, 0.1) is 0 Å². The van der Waals surface area contributed by atoms with Gasteiger partial charge in [-0.3, -0.25) is 4.79 Å². The van der Waals surface area contributed by atoms with Gasteiger partial charge in [-0.2, -0.15) is 0 Å². The smallest absolute Gasteiger partial charge is 0.270 e. The van der Waals surface area contributed by atoms with Crippen molar-refractivity contribution in [1.29, 1.82) is 0 Å². The van der Waals surface area contributed by atoms with E-state index in [9.17, 15) is 4.79 Å². The number of nitrogens with one attached hydrogen (secondary N) is 1. The Morgan fingerprint density at radius 3 is 2.93 bits per heavy atom. The van der Waals surface area contributed by atoms with Crippen LogP contribution in [0.4, 0.5) is 0 Å². The predicted octanol–water partition coefficient (Wildman–Crippen LogP) is 1.98. The third-order valence-electron chi connectivity index (χ3n) is 2.37. The first kappa shape index (κ1) is 9.65. The van der Waals surface area contributed by atoms with Crippen LogP contribution in [-0.4, -0.2) is 16.9 Å². The molecule has 0 bridgehead atoms. The number of amides is 1. The lowest BCUT2D eigenvalue weighted by Crippen LogP contribution is -2.27. The average molecular weight is 255 g/mol. The Morgan fingerprint density at radius 2 is 2.36 bits per heavy atom. The van der Waals surface area contributed by atoms with Crippen molar-refractivity contribution in [3.63, 3.8) is 0 Å². The van der Waals surface area contributed by atoms with E-state index in [2.05, 4.69) is 33.2 Å². The van der Waals surface area contributed by atoms with E-state index in [1.54, 1.807) is 12.1 Å². The molecule has 0 saturated heterocycles. The Labute approximate surface area is 91.0 Å². The van der Waals surface area contributed by atoms with Crippen molar-refractivity contribution in [2.45, 2.75) is 19.4 Å². The lowest BCUT2D eigenvalue weighted by atomic mass is 10.3. The molecule has 74 valence electrons. The van der Waals surface area contributed by atoms with Crippen LogP contribution in [-0.2, 0) is 0 Å². The van der Waals surface area contributed by atoms with Gasteiger partial charge in [0.25, 0.3) is 5.91 Å². The van der Waals surface area contributed by atoms with Gasteiger partial charge < -0.3 is 5.32 Å². The summed E-state index contributed by atoms with van der Waals surface area (Å²) in [4.78, 5) is 15.7.